The lowest BCUT2D eigenvalue weighted by atomic mass is 9.73. The number of amides is 1. The van der Waals surface area contributed by atoms with Gasteiger partial charge in [-0.15, -0.1) is 10.2 Å². The Morgan fingerprint density at radius 2 is 2.15 bits per heavy atom. The monoisotopic (exact) mass is 376 g/mol. The van der Waals surface area contributed by atoms with Gasteiger partial charge in [0.1, 0.15) is 5.51 Å². The van der Waals surface area contributed by atoms with E-state index in [2.05, 4.69) is 20.4 Å². The van der Waals surface area contributed by atoms with Gasteiger partial charge in [0.05, 0.1) is 11.7 Å². The van der Waals surface area contributed by atoms with Crippen LogP contribution in [-0.4, -0.2) is 47.4 Å². The second-order valence-corrected chi connectivity index (χ2v) is 9.38. The molecule has 0 unspecified atom stereocenters. The fourth-order valence-electron chi connectivity index (χ4n) is 5.82. The summed E-state index contributed by atoms with van der Waals surface area (Å²) in [6, 6.07) is 0. The topological polar surface area (TPSA) is 67.4 Å². The average molecular weight is 377 g/mol. The van der Waals surface area contributed by atoms with Crippen LogP contribution in [0.1, 0.15) is 51.4 Å². The standard InChI is InChI=1S/C19H28N4O2S/c24-17(13-5-3-1-2-4-6-13)20-9-14-15-10-23(18-22-21-12-26-18)11-19(15)8-7-16(14)25-19/h12-16H,1-11H2,(H,20,24)/t14-,15+,16+,19+/m0/s1. The molecule has 1 aromatic rings. The Bertz CT molecular complexity index is 646. The van der Waals surface area contributed by atoms with Gasteiger partial charge in [-0.05, 0) is 25.7 Å². The molecule has 4 aliphatic rings. The van der Waals surface area contributed by atoms with Crippen LogP contribution < -0.4 is 10.2 Å². The molecule has 1 amide bonds. The summed E-state index contributed by atoms with van der Waals surface area (Å²) in [7, 11) is 0. The maximum Gasteiger partial charge on any atom is 0.223 e. The third kappa shape index (κ3) is 2.83. The molecular weight excluding hydrogens is 348 g/mol. The molecule has 2 bridgehead atoms. The molecule has 6 nitrogen and oxygen atoms in total. The van der Waals surface area contributed by atoms with Crippen LogP contribution in [0.5, 0.6) is 0 Å². The summed E-state index contributed by atoms with van der Waals surface area (Å²) < 4.78 is 6.49. The number of hydrogen-bond donors (Lipinski definition) is 1. The van der Waals surface area contributed by atoms with Crippen LogP contribution in [0.25, 0.3) is 0 Å². The Balaban J connectivity index is 1.23. The predicted octanol–water partition coefficient (Wildman–Crippen LogP) is 2.61. The highest BCUT2D eigenvalue weighted by molar-refractivity contribution is 7.13. The van der Waals surface area contributed by atoms with Gasteiger partial charge in [0.15, 0.2) is 0 Å². The van der Waals surface area contributed by atoms with Crippen molar-refractivity contribution in [3.63, 3.8) is 0 Å². The van der Waals surface area contributed by atoms with E-state index in [0.717, 1.165) is 50.4 Å². The maximum atomic E-state index is 12.7. The highest BCUT2D eigenvalue weighted by Crippen LogP contribution is 2.55. The second-order valence-electron chi connectivity index (χ2n) is 8.57. The molecule has 4 heterocycles. The van der Waals surface area contributed by atoms with Crippen LogP contribution in [-0.2, 0) is 9.53 Å². The number of ether oxygens (including phenoxy) is 1. The molecule has 1 saturated carbocycles. The van der Waals surface area contributed by atoms with Crippen molar-refractivity contribution in [2.75, 3.05) is 24.5 Å². The number of rotatable bonds is 4. The van der Waals surface area contributed by atoms with E-state index in [1.807, 2.05) is 0 Å². The Hall–Kier alpha value is -1.21. The van der Waals surface area contributed by atoms with Crippen LogP contribution in [0.15, 0.2) is 5.51 Å². The van der Waals surface area contributed by atoms with E-state index in [1.54, 1.807) is 16.8 Å². The van der Waals surface area contributed by atoms with Crippen LogP contribution in [0.4, 0.5) is 5.13 Å². The van der Waals surface area contributed by atoms with Crippen LogP contribution in [0, 0.1) is 17.8 Å². The van der Waals surface area contributed by atoms with Crippen molar-refractivity contribution in [2.24, 2.45) is 17.8 Å². The molecule has 4 fully saturated rings. The average Bonchev–Trinajstić information content (AvgIpc) is 3.38. The van der Waals surface area contributed by atoms with Crippen molar-refractivity contribution < 1.29 is 9.53 Å². The smallest absolute Gasteiger partial charge is 0.223 e. The molecule has 1 spiro atoms. The molecule has 1 aromatic heterocycles. The number of anilines is 1. The lowest BCUT2D eigenvalue weighted by Gasteiger charge is -2.29. The van der Waals surface area contributed by atoms with E-state index in [1.165, 1.54) is 25.7 Å². The first-order chi connectivity index (χ1) is 12.8. The van der Waals surface area contributed by atoms with E-state index >= 15 is 0 Å². The minimum atomic E-state index is -0.0198. The summed E-state index contributed by atoms with van der Waals surface area (Å²) in [6.07, 6.45) is 9.71. The number of carbonyl (C=O) groups is 1. The van der Waals surface area contributed by atoms with Crippen molar-refractivity contribution in [3.05, 3.63) is 5.51 Å². The third-order valence-corrected chi connectivity index (χ3v) is 7.89. The van der Waals surface area contributed by atoms with Gasteiger partial charge in [0, 0.05) is 37.4 Å². The van der Waals surface area contributed by atoms with Crippen molar-refractivity contribution >= 4 is 22.4 Å². The van der Waals surface area contributed by atoms with Gasteiger partial charge < -0.3 is 15.0 Å². The molecule has 142 valence electrons. The molecule has 4 atom stereocenters. The normalized spacial score (nSPS) is 36.9. The lowest BCUT2D eigenvalue weighted by molar-refractivity contribution is -0.125. The Labute approximate surface area is 158 Å². The maximum absolute atomic E-state index is 12.7. The molecule has 7 heteroatoms. The van der Waals surface area contributed by atoms with E-state index in [0.29, 0.717) is 17.9 Å². The summed E-state index contributed by atoms with van der Waals surface area (Å²) in [5.74, 6) is 1.45. The van der Waals surface area contributed by atoms with E-state index in [4.69, 9.17) is 4.74 Å². The number of hydrogen-bond acceptors (Lipinski definition) is 6. The summed E-state index contributed by atoms with van der Waals surface area (Å²) in [4.78, 5) is 15.0. The van der Waals surface area contributed by atoms with Crippen LogP contribution in [0.3, 0.4) is 0 Å². The fourth-order valence-corrected chi connectivity index (χ4v) is 6.39. The molecule has 26 heavy (non-hydrogen) atoms. The molecule has 1 aliphatic carbocycles. The first-order valence-electron chi connectivity index (χ1n) is 10.2. The number of aromatic nitrogens is 2. The summed E-state index contributed by atoms with van der Waals surface area (Å²) in [5, 5.41) is 12.5. The predicted molar refractivity (Wildman–Crippen MR) is 100 cm³/mol. The van der Waals surface area contributed by atoms with E-state index in [-0.39, 0.29) is 17.4 Å². The Morgan fingerprint density at radius 3 is 2.92 bits per heavy atom. The minimum Gasteiger partial charge on any atom is -0.369 e. The molecule has 0 aromatic carbocycles. The molecule has 1 N–H and O–H groups in total. The Kier molecular flexibility index (Phi) is 4.39. The first-order valence-corrected chi connectivity index (χ1v) is 11.1. The minimum absolute atomic E-state index is 0.0198. The highest BCUT2D eigenvalue weighted by Gasteiger charge is 2.63. The SMILES string of the molecule is O=C(NC[C@H]1[C@H]2CN(c3nncs3)C[C@]23CC[C@H]1O3)C1CCCCCC1. The van der Waals surface area contributed by atoms with Crippen molar-refractivity contribution in [1.29, 1.82) is 0 Å². The second kappa shape index (κ2) is 6.75. The summed E-state index contributed by atoms with van der Waals surface area (Å²) >= 11 is 1.60. The highest BCUT2D eigenvalue weighted by atomic mass is 32.1. The zero-order valence-electron chi connectivity index (χ0n) is 15.2. The number of nitrogens with zero attached hydrogens (tertiary/aromatic N) is 3. The van der Waals surface area contributed by atoms with Gasteiger partial charge in [0.25, 0.3) is 0 Å². The molecule has 0 radical (unpaired) electrons. The zero-order chi connectivity index (χ0) is 17.6. The number of fused-ring (bicyclic) bond motifs is 1. The summed E-state index contributed by atoms with van der Waals surface area (Å²) in [6.45, 7) is 2.68. The van der Waals surface area contributed by atoms with Gasteiger partial charge in [-0.25, -0.2) is 0 Å². The largest absolute Gasteiger partial charge is 0.369 e. The van der Waals surface area contributed by atoms with Crippen molar-refractivity contribution in [3.8, 4) is 0 Å². The summed E-state index contributed by atoms with van der Waals surface area (Å²) in [5.41, 5.74) is 1.78. The Morgan fingerprint density at radius 1 is 1.31 bits per heavy atom. The van der Waals surface area contributed by atoms with Gasteiger partial charge >= 0.3 is 0 Å². The van der Waals surface area contributed by atoms with E-state index in [9.17, 15) is 4.79 Å². The van der Waals surface area contributed by atoms with E-state index < -0.39 is 0 Å². The third-order valence-electron chi connectivity index (χ3n) is 7.14. The molecule has 3 saturated heterocycles. The first kappa shape index (κ1) is 16.9. The quantitative estimate of drug-likeness (QED) is 0.818. The number of carbonyl (C=O) groups excluding carboxylic acids is 1. The molecular formula is C19H28N4O2S. The molecule has 3 aliphatic heterocycles. The zero-order valence-corrected chi connectivity index (χ0v) is 16.0. The lowest BCUT2D eigenvalue weighted by Crippen LogP contribution is -2.43. The van der Waals surface area contributed by atoms with Crippen LogP contribution >= 0.6 is 11.3 Å². The van der Waals surface area contributed by atoms with Gasteiger partial charge in [-0.1, -0.05) is 37.0 Å². The molecule has 5 rings (SSSR count). The number of nitrogens with one attached hydrogen (secondary N) is 1. The van der Waals surface area contributed by atoms with Gasteiger partial charge in [0.2, 0.25) is 11.0 Å². The van der Waals surface area contributed by atoms with Crippen molar-refractivity contribution in [2.45, 2.75) is 63.1 Å². The van der Waals surface area contributed by atoms with Gasteiger partial charge in [-0.2, -0.15) is 0 Å². The fraction of sp³-hybridized carbons (Fsp3) is 0.842. The van der Waals surface area contributed by atoms with Gasteiger partial charge in [-0.3, -0.25) is 4.79 Å². The van der Waals surface area contributed by atoms with Crippen LogP contribution in [0.2, 0.25) is 0 Å². The van der Waals surface area contributed by atoms with Crippen molar-refractivity contribution in [1.82, 2.24) is 15.5 Å².